The summed E-state index contributed by atoms with van der Waals surface area (Å²) in [6.07, 6.45) is 2.31. The van der Waals surface area contributed by atoms with Crippen molar-refractivity contribution in [2.24, 2.45) is 0 Å². The lowest BCUT2D eigenvalue weighted by molar-refractivity contribution is 0.239. The first-order valence-electron chi connectivity index (χ1n) is 8.55. The van der Waals surface area contributed by atoms with E-state index < -0.39 is 0 Å². The van der Waals surface area contributed by atoms with Crippen molar-refractivity contribution >= 4 is 0 Å². The van der Waals surface area contributed by atoms with Crippen molar-refractivity contribution in [1.29, 1.82) is 0 Å². The molecule has 0 saturated heterocycles. The largest absolute Gasteiger partial charge is 0.461 e. The van der Waals surface area contributed by atoms with E-state index in [-0.39, 0.29) is 5.56 Å². The third-order valence-electron chi connectivity index (χ3n) is 4.93. The lowest BCUT2D eigenvalue weighted by Gasteiger charge is -2.28. The SMILES string of the molecule is Cc1cccc(C)c1CN1CCc2c(nc(-c3ccco3)[nH]c2=O)C1. The summed E-state index contributed by atoms with van der Waals surface area (Å²) in [6, 6.07) is 10.00. The molecule has 25 heavy (non-hydrogen) atoms. The summed E-state index contributed by atoms with van der Waals surface area (Å²) in [5.74, 6) is 1.09. The fourth-order valence-corrected chi connectivity index (χ4v) is 3.48. The number of aryl methyl sites for hydroxylation is 2. The van der Waals surface area contributed by atoms with Crippen molar-refractivity contribution in [1.82, 2.24) is 14.9 Å². The van der Waals surface area contributed by atoms with Crippen molar-refractivity contribution in [2.75, 3.05) is 6.54 Å². The highest BCUT2D eigenvalue weighted by Crippen LogP contribution is 2.22. The predicted molar refractivity (Wildman–Crippen MR) is 96.3 cm³/mol. The highest BCUT2D eigenvalue weighted by Gasteiger charge is 2.22. The van der Waals surface area contributed by atoms with Crippen LogP contribution in [0.5, 0.6) is 0 Å². The average molecular weight is 335 g/mol. The maximum atomic E-state index is 12.4. The van der Waals surface area contributed by atoms with Gasteiger partial charge < -0.3 is 9.40 Å². The summed E-state index contributed by atoms with van der Waals surface area (Å²) < 4.78 is 5.37. The van der Waals surface area contributed by atoms with Crippen LogP contribution < -0.4 is 5.56 Å². The Morgan fingerprint density at radius 3 is 2.72 bits per heavy atom. The molecule has 1 aliphatic rings. The van der Waals surface area contributed by atoms with Crippen LogP contribution in [0.15, 0.2) is 45.8 Å². The lowest BCUT2D eigenvalue weighted by atomic mass is 10.0. The van der Waals surface area contributed by atoms with Crippen LogP contribution in [0.2, 0.25) is 0 Å². The number of hydrogen-bond donors (Lipinski definition) is 1. The Morgan fingerprint density at radius 2 is 2.00 bits per heavy atom. The summed E-state index contributed by atoms with van der Waals surface area (Å²) in [4.78, 5) is 22.3. The number of hydrogen-bond acceptors (Lipinski definition) is 4. The monoisotopic (exact) mass is 335 g/mol. The molecular formula is C20H21N3O2. The van der Waals surface area contributed by atoms with Crippen LogP contribution in [-0.4, -0.2) is 21.4 Å². The molecule has 1 aromatic carbocycles. The molecule has 0 amide bonds. The van der Waals surface area contributed by atoms with E-state index in [2.05, 4.69) is 46.9 Å². The minimum absolute atomic E-state index is 0.0527. The summed E-state index contributed by atoms with van der Waals surface area (Å²) in [6.45, 7) is 6.73. The normalized spacial score (nSPS) is 14.5. The van der Waals surface area contributed by atoms with Gasteiger partial charge >= 0.3 is 0 Å². The number of furan rings is 1. The fourth-order valence-electron chi connectivity index (χ4n) is 3.48. The van der Waals surface area contributed by atoms with Gasteiger partial charge in [0.15, 0.2) is 11.6 Å². The highest BCUT2D eigenvalue weighted by atomic mass is 16.3. The molecule has 1 aliphatic heterocycles. The van der Waals surface area contributed by atoms with Gasteiger partial charge in [0.2, 0.25) is 0 Å². The third kappa shape index (κ3) is 3.03. The fraction of sp³-hybridized carbons (Fsp3) is 0.300. The van der Waals surface area contributed by atoms with Gasteiger partial charge in [-0.1, -0.05) is 18.2 Å². The van der Waals surface area contributed by atoms with Crippen LogP contribution in [0.1, 0.15) is 27.9 Å². The number of H-pyrrole nitrogens is 1. The van der Waals surface area contributed by atoms with Crippen LogP contribution in [0.25, 0.3) is 11.6 Å². The van der Waals surface area contributed by atoms with Gasteiger partial charge in [0, 0.05) is 25.2 Å². The summed E-state index contributed by atoms with van der Waals surface area (Å²) >= 11 is 0. The second kappa shape index (κ2) is 6.33. The van der Waals surface area contributed by atoms with Gasteiger partial charge in [-0.3, -0.25) is 9.69 Å². The first kappa shape index (κ1) is 15.8. The predicted octanol–water partition coefficient (Wildman–Crippen LogP) is 3.21. The molecular weight excluding hydrogens is 314 g/mol. The molecule has 0 unspecified atom stereocenters. The molecule has 2 aromatic heterocycles. The van der Waals surface area contributed by atoms with Gasteiger partial charge in [0.25, 0.3) is 5.56 Å². The Balaban J connectivity index is 1.63. The molecule has 0 saturated carbocycles. The molecule has 1 N–H and O–H groups in total. The quantitative estimate of drug-likeness (QED) is 0.798. The molecule has 5 nitrogen and oxygen atoms in total. The number of aromatic amines is 1. The molecule has 3 heterocycles. The molecule has 0 atom stereocenters. The van der Waals surface area contributed by atoms with Gasteiger partial charge in [-0.2, -0.15) is 0 Å². The molecule has 128 valence electrons. The van der Waals surface area contributed by atoms with Gasteiger partial charge in [-0.05, 0) is 49.1 Å². The second-order valence-corrected chi connectivity index (χ2v) is 6.65. The Bertz CT molecular complexity index is 937. The standard InChI is InChI=1S/C20H21N3O2/c1-13-5-3-6-14(2)16(13)11-23-9-8-15-17(12-23)21-19(22-20(15)24)18-7-4-10-25-18/h3-7,10H,8-9,11-12H2,1-2H3,(H,21,22,24). The Morgan fingerprint density at radius 1 is 1.20 bits per heavy atom. The number of aromatic nitrogens is 2. The van der Waals surface area contributed by atoms with Crippen molar-refractivity contribution in [3.05, 3.63) is 74.9 Å². The molecule has 0 spiro atoms. The van der Waals surface area contributed by atoms with Crippen LogP contribution in [-0.2, 0) is 19.5 Å². The number of rotatable bonds is 3. The van der Waals surface area contributed by atoms with Crippen LogP contribution in [0, 0.1) is 13.8 Å². The Kier molecular flexibility index (Phi) is 4.01. The Labute approximate surface area is 146 Å². The zero-order valence-electron chi connectivity index (χ0n) is 14.5. The second-order valence-electron chi connectivity index (χ2n) is 6.65. The first-order valence-corrected chi connectivity index (χ1v) is 8.55. The third-order valence-corrected chi connectivity index (χ3v) is 4.93. The maximum absolute atomic E-state index is 12.4. The van der Waals surface area contributed by atoms with E-state index in [0.29, 0.717) is 18.1 Å². The molecule has 0 aliphatic carbocycles. The van der Waals surface area contributed by atoms with E-state index in [9.17, 15) is 4.79 Å². The highest BCUT2D eigenvalue weighted by molar-refractivity contribution is 5.47. The van der Waals surface area contributed by atoms with Crippen molar-refractivity contribution in [3.8, 4) is 11.6 Å². The van der Waals surface area contributed by atoms with E-state index >= 15 is 0 Å². The number of benzene rings is 1. The number of nitrogens with zero attached hydrogens (tertiary/aromatic N) is 2. The van der Waals surface area contributed by atoms with Gasteiger partial charge in [-0.25, -0.2) is 4.98 Å². The van der Waals surface area contributed by atoms with Gasteiger partial charge in [0.05, 0.1) is 12.0 Å². The topological polar surface area (TPSA) is 62.1 Å². The minimum atomic E-state index is -0.0527. The minimum Gasteiger partial charge on any atom is -0.461 e. The van der Waals surface area contributed by atoms with E-state index in [1.807, 2.05) is 6.07 Å². The lowest BCUT2D eigenvalue weighted by Crippen LogP contribution is -2.35. The summed E-state index contributed by atoms with van der Waals surface area (Å²) in [7, 11) is 0. The van der Waals surface area contributed by atoms with Gasteiger partial charge in [0.1, 0.15) is 0 Å². The molecule has 3 aromatic rings. The van der Waals surface area contributed by atoms with Crippen molar-refractivity contribution in [3.63, 3.8) is 0 Å². The van der Waals surface area contributed by atoms with Crippen LogP contribution in [0.4, 0.5) is 0 Å². The van der Waals surface area contributed by atoms with E-state index in [1.54, 1.807) is 12.3 Å². The van der Waals surface area contributed by atoms with Crippen LogP contribution >= 0.6 is 0 Å². The summed E-state index contributed by atoms with van der Waals surface area (Å²) in [5.41, 5.74) is 5.58. The Hall–Kier alpha value is -2.66. The molecule has 0 radical (unpaired) electrons. The average Bonchev–Trinajstić information content (AvgIpc) is 3.12. The zero-order chi connectivity index (χ0) is 17.4. The summed E-state index contributed by atoms with van der Waals surface area (Å²) in [5, 5.41) is 0. The first-order chi connectivity index (χ1) is 12.1. The number of fused-ring (bicyclic) bond motifs is 1. The van der Waals surface area contributed by atoms with Gasteiger partial charge in [-0.15, -0.1) is 0 Å². The number of nitrogens with one attached hydrogen (secondary N) is 1. The smallest absolute Gasteiger partial charge is 0.254 e. The molecule has 5 heteroatoms. The molecule has 4 rings (SSSR count). The van der Waals surface area contributed by atoms with E-state index in [0.717, 1.165) is 30.8 Å². The molecule has 0 bridgehead atoms. The maximum Gasteiger partial charge on any atom is 0.254 e. The zero-order valence-corrected chi connectivity index (χ0v) is 14.5. The van der Waals surface area contributed by atoms with Crippen LogP contribution in [0.3, 0.4) is 0 Å². The van der Waals surface area contributed by atoms with Crippen molar-refractivity contribution in [2.45, 2.75) is 33.4 Å². The van der Waals surface area contributed by atoms with Crippen molar-refractivity contribution < 1.29 is 4.42 Å². The van der Waals surface area contributed by atoms with E-state index in [1.165, 1.54) is 16.7 Å². The molecule has 0 fully saturated rings. The van der Waals surface area contributed by atoms with E-state index in [4.69, 9.17) is 4.42 Å².